The molecule has 0 radical (unpaired) electrons. The monoisotopic (exact) mass is 1260 g/mol. The predicted molar refractivity (Wildman–Crippen MR) is 414 cm³/mol. The van der Waals surface area contributed by atoms with Gasteiger partial charge in [0.25, 0.3) is 0 Å². The average molecular weight is 1260 g/mol. The van der Waals surface area contributed by atoms with Crippen molar-refractivity contribution in [2.24, 2.45) is 0 Å². The van der Waals surface area contributed by atoms with Crippen LogP contribution in [0.25, 0.3) is 23.3 Å². The van der Waals surface area contributed by atoms with Crippen molar-refractivity contribution < 1.29 is 0 Å². The van der Waals surface area contributed by atoms with E-state index in [9.17, 15) is 0 Å². The van der Waals surface area contributed by atoms with Gasteiger partial charge in [0.15, 0.2) is 0 Å². The van der Waals surface area contributed by atoms with Crippen LogP contribution in [0.2, 0.25) is 0 Å². The van der Waals surface area contributed by atoms with Crippen molar-refractivity contribution >= 4 is 12.2 Å². The number of hydrogen-bond donors (Lipinski definition) is 0. The van der Waals surface area contributed by atoms with Gasteiger partial charge in [0, 0.05) is 0 Å². The van der Waals surface area contributed by atoms with Crippen molar-refractivity contribution in [2.45, 2.75) is 122 Å². The van der Waals surface area contributed by atoms with E-state index in [2.05, 4.69) is 328 Å². The molecule has 10 aromatic rings. The van der Waals surface area contributed by atoms with E-state index in [0.29, 0.717) is 0 Å². The summed E-state index contributed by atoms with van der Waals surface area (Å²) in [5.41, 5.74) is 35.7. The highest BCUT2D eigenvalue weighted by atomic mass is 14.2. The minimum absolute atomic E-state index is 1.04. The molecule has 21 rings (SSSR count). The fraction of sp³-hybridized carbons (Fsp3) is 0.196. The van der Waals surface area contributed by atoms with Gasteiger partial charge in [0.1, 0.15) is 0 Å². The highest BCUT2D eigenvalue weighted by Gasteiger charge is 2.18. The van der Waals surface area contributed by atoms with Gasteiger partial charge >= 0.3 is 0 Å². The molecule has 0 unspecified atom stereocenters. The first-order valence-electron chi connectivity index (χ1n) is 35.9. The lowest BCUT2D eigenvalue weighted by Gasteiger charge is -2.18. The zero-order valence-corrected chi connectivity index (χ0v) is 56.6. The van der Waals surface area contributed by atoms with Crippen LogP contribution in [0.3, 0.4) is 0 Å². The van der Waals surface area contributed by atoms with Crippen molar-refractivity contribution in [1.29, 1.82) is 0 Å². The van der Waals surface area contributed by atoms with E-state index in [1.807, 2.05) is 0 Å². The highest BCUT2D eigenvalue weighted by Crippen LogP contribution is 2.36. The number of fused-ring (bicyclic) bond motifs is 11. The van der Waals surface area contributed by atoms with Crippen LogP contribution >= 0.6 is 0 Å². The van der Waals surface area contributed by atoms with Crippen LogP contribution < -0.4 is 0 Å². The Morgan fingerprint density at radius 1 is 0.196 bits per heavy atom. The van der Waals surface area contributed by atoms with Crippen LogP contribution in [-0.4, -0.2) is 0 Å². The first kappa shape index (κ1) is 65.5. The van der Waals surface area contributed by atoms with Crippen molar-refractivity contribution in [3.05, 3.63) is 438 Å². The Bertz CT molecular complexity index is 4280. The van der Waals surface area contributed by atoms with Gasteiger partial charge in [0.2, 0.25) is 0 Å². The van der Waals surface area contributed by atoms with Crippen LogP contribution in [0.15, 0.2) is 338 Å². The molecule has 11 aliphatic carbocycles. The minimum atomic E-state index is 1.04. The van der Waals surface area contributed by atoms with Gasteiger partial charge in [-0.25, -0.2) is 0 Å². The summed E-state index contributed by atoms with van der Waals surface area (Å²) in [6, 6.07) is 87.2. The van der Waals surface area contributed by atoms with Crippen molar-refractivity contribution in [3.63, 3.8) is 0 Å². The molecule has 11 aliphatic rings. The Kier molecular flexibility index (Phi) is 23.0. The number of rotatable bonds is 0. The molecule has 0 heterocycles. The summed E-state index contributed by atoms with van der Waals surface area (Å²) in [4.78, 5) is 0. The van der Waals surface area contributed by atoms with Crippen LogP contribution in [0.5, 0.6) is 0 Å². The Balaban J connectivity index is 0.0000000999. The van der Waals surface area contributed by atoms with E-state index in [1.54, 1.807) is 27.8 Å². The van der Waals surface area contributed by atoms with Gasteiger partial charge in [-0.05, 0) is 250 Å². The largest absolute Gasteiger partial charge is 0.0808 e. The van der Waals surface area contributed by atoms with Crippen LogP contribution in [0.1, 0.15) is 152 Å². The molecule has 0 saturated carbocycles. The maximum absolute atomic E-state index is 2.27. The quantitative estimate of drug-likeness (QED) is 0.142. The van der Waals surface area contributed by atoms with Crippen LogP contribution in [-0.2, 0) is 70.6 Å². The zero-order chi connectivity index (χ0) is 65.5. The zero-order valence-electron chi connectivity index (χ0n) is 56.6. The summed E-state index contributed by atoms with van der Waals surface area (Å²) in [6.45, 7) is 0. The Hall–Kier alpha value is -10.1. The van der Waals surface area contributed by atoms with E-state index in [0.717, 1.165) is 38.5 Å². The van der Waals surface area contributed by atoms with Gasteiger partial charge in [0.05, 0.1) is 0 Å². The Morgan fingerprint density at radius 3 is 0.835 bits per heavy atom. The van der Waals surface area contributed by atoms with Gasteiger partial charge in [-0.15, -0.1) is 0 Å². The number of allylic oxidation sites excluding steroid dienone is 16. The summed E-state index contributed by atoms with van der Waals surface area (Å²) in [6.07, 6.45) is 53.6. The molecule has 0 aliphatic heterocycles. The molecular weight excluding hydrogens is 1170 g/mol. The second-order valence-corrected chi connectivity index (χ2v) is 26.7. The van der Waals surface area contributed by atoms with Gasteiger partial charge < -0.3 is 0 Å². The maximum atomic E-state index is 2.27. The minimum Gasteiger partial charge on any atom is -0.0808 e. The fourth-order valence-electron chi connectivity index (χ4n) is 14.9. The molecule has 0 aromatic heterocycles. The molecule has 480 valence electrons. The second kappa shape index (κ2) is 34.0. The molecule has 0 spiro atoms. The molecule has 0 nitrogen and oxygen atoms in total. The average Bonchev–Trinajstić information content (AvgIpc) is 1.70. The number of benzene rings is 10. The normalized spacial score (nSPS) is 15.5. The standard InChI is InChI=1S/C15H14.C15H12.C14H12.C13H10.C10H12.C9H10.2C8H8.C5H6/c2*1-3-7-14-11-15-8-4-2-6-13(15)10-9-12(14)5-1;1-2-6-12-10-14-8-4-3-7-13(14)9-11(12)5-1;1-3-7-12-10(5-1)9-11-6-2-4-8-13(11)12;1-2-6-10-8-4-3-7-9(10)5-1;1-2-5-9-7-3-6-8(9)4-1;2*1-3-7-5-2-6-8(7)4-1;1-2-4-5-3-1/h1-8H,9-11H2;1-10H,11H2;1-8H,9-10H2;1-8H,9H2;1-2,5-6H,3-4,7-8H2;1-2,4-5H,3,6-7H2;1-3,6H,4-5H2;1-3,5H,4,6H2;1-4H,5H2. The maximum Gasteiger partial charge on any atom is -0.00135 e. The third-order valence-electron chi connectivity index (χ3n) is 20.3. The molecule has 0 N–H and O–H groups in total. The Labute approximate surface area is 579 Å². The van der Waals surface area contributed by atoms with Gasteiger partial charge in [-0.2, -0.15) is 0 Å². The van der Waals surface area contributed by atoms with Crippen molar-refractivity contribution in [3.8, 4) is 11.1 Å². The topological polar surface area (TPSA) is 0 Å². The third kappa shape index (κ3) is 17.9. The lowest BCUT2D eigenvalue weighted by molar-refractivity contribution is 0.685. The first-order chi connectivity index (χ1) is 48.1. The highest BCUT2D eigenvalue weighted by molar-refractivity contribution is 5.77. The SMILES string of the molecule is C1=CC2=C(C1)CC=C2.C1=CC2=C(C=CC2)C1.C1=CCC=C1.C1=Cc2ccccc2Cc2ccccc21.c1ccc2c(c1)CCC2.c1ccc2c(c1)CCCC2.c1ccc2c(c1)CCc1ccccc1C2.c1ccc2c(c1)Cc1ccccc1-2.c1ccc2c(c1)Cc1ccccc1C2. The summed E-state index contributed by atoms with van der Waals surface area (Å²) >= 11 is 0. The molecule has 10 aromatic carbocycles. The molecular formula is C97H92. The molecule has 0 saturated heterocycles. The summed E-state index contributed by atoms with van der Waals surface area (Å²) < 4.78 is 0. The second-order valence-electron chi connectivity index (χ2n) is 26.7. The molecule has 0 fully saturated rings. The molecule has 0 atom stereocenters. The van der Waals surface area contributed by atoms with E-state index >= 15 is 0 Å². The van der Waals surface area contributed by atoms with E-state index < -0.39 is 0 Å². The lowest BCUT2D eigenvalue weighted by Crippen LogP contribution is -2.06. The van der Waals surface area contributed by atoms with Crippen LogP contribution in [0, 0.1) is 0 Å². The van der Waals surface area contributed by atoms with Crippen LogP contribution in [0.4, 0.5) is 0 Å². The van der Waals surface area contributed by atoms with E-state index in [4.69, 9.17) is 0 Å². The van der Waals surface area contributed by atoms with Crippen molar-refractivity contribution in [1.82, 2.24) is 0 Å². The van der Waals surface area contributed by atoms with Gasteiger partial charge in [-0.1, -0.05) is 333 Å². The summed E-state index contributed by atoms with van der Waals surface area (Å²) in [5, 5.41) is 0. The number of hydrogen-bond acceptors (Lipinski definition) is 0. The molecule has 0 amide bonds. The lowest BCUT2D eigenvalue weighted by atomic mass is 9.86. The van der Waals surface area contributed by atoms with E-state index in [1.165, 1.54) is 189 Å². The van der Waals surface area contributed by atoms with E-state index in [-0.39, 0.29) is 0 Å². The predicted octanol–water partition coefficient (Wildman–Crippen LogP) is 24.2. The summed E-state index contributed by atoms with van der Waals surface area (Å²) in [5.74, 6) is 0. The fourth-order valence-corrected chi connectivity index (χ4v) is 14.9. The first-order valence-corrected chi connectivity index (χ1v) is 35.9. The third-order valence-corrected chi connectivity index (χ3v) is 20.3. The molecule has 97 heavy (non-hydrogen) atoms. The van der Waals surface area contributed by atoms with Crippen molar-refractivity contribution in [2.75, 3.05) is 0 Å². The molecule has 0 heteroatoms. The van der Waals surface area contributed by atoms with Gasteiger partial charge in [-0.3, -0.25) is 0 Å². The summed E-state index contributed by atoms with van der Waals surface area (Å²) in [7, 11) is 0. The smallest absolute Gasteiger partial charge is 0.00135 e. The Morgan fingerprint density at radius 2 is 0.474 bits per heavy atom. The number of aryl methyl sites for hydroxylation is 6. The molecule has 0 bridgehead atoms.